The Hall–Kier alpha value is -1.31. The van der Waals surface area contributed by atoms with Crippen LogP contribution >= 0.6 is 0 Å². The summed E-state index contributed by atoms with van der Waals surface area (Å²) >= 11 is 0. The van der Waals surface area contributed by atoms with Gasteiger partial charge < -0.3 is 15.1 Å². The quantitative estimate of drug-likeness (QED) is 0.581. The molecule has 2 aliphatic rings. The van der Waals surface area contributed by atoms with Crippen molar-refractivity contribution in [3.63, 3.8) is 0 Å². The molecule has 2 aliphatic heterocycles. The first-order valence-corrected chi connectivity index (χ1v) is 11.5. The number of nitrogens with zero attached hydrogens (tertiary/aromatic N) is 3. The van der Waals surface area contributed by atoms with Crippen LogP contribution in [0.15, 0.2) is 4.99 Å². The van der Waals surface area contributed by atoms with E-state index in [2.05, 4.69) is 10.3 Å². The first-order valence-electron chi connectivity index (χ1n) is 9.80. The summed E-state index contributed by atoms with van der Waals surface area (Å²) in [6.45, 7) is 9.25. The van der Waals surface area contributed by atoms with Crippen LogP contribution in [-0.2, 0) is 14.6 Å². The molecule has 2 fully saturated rings. The molecule has 1 amide bonds. The Bertz CT molecular complexity index is 608. The number of likely N-dealkylation sites (tertiary alicyclic amines) is 1. The van der Waals surface area contributed by atoms with E-state index < -0.39 is 14.6 Å². The van der Waals surface area contributed by atoms with Crippen molar-refractivity contribution in [2.45, 2.75) is 57.6 Å². The van der Waals surface area contributed by atoms with Gasteiger partial charge in [0.2, 0.25) is 5.91 Å². The van der Waals surface area contributed by atoms with Crippen molar-refractivity contribution in [3.8, 4) is 0 Å². The van der Waals surface area contributed by atoms with E-state index in [-0.39, 0.29) is 11.7 Å². The van der Waals surface area contributed by atoms with Gasteiger partial charge in [0.15, 0.2) is 15.8 Å². The molecule has 0 saturated carbocycles. The molecule has 0 unspecified atom stereocenters. The van der Waals surface area contributed by atoms with E-state index in [0.717, 1.165) is 25.9 Å². The predicted molar refractivity (Wildman–Crippen MR) is 105 cm³/mol. The highest BCUT2D eigenvalue weighted by atomic mass is 32.2. The minimum Gasteiger partial charge on any atom is -0.357 e. The van der Waals surface area contributed by atoms with E-state index in [0.29, 0.717) is 38.6 Å². The summed E-state index contributed by atoms with van der Waals surface area (Å²) in [5.74, 6) is 1.02. The van der Waals surface area contributed by atoms with Crippen LogP contribution in [0.1, 0.15) is 52.9 Å². The number of hydrogen-bond donors (Lipinski definition) is 1. The molecule has 2 rings (SSSR count). The molecule has 0 atom stereocenters. The number of carbonyl (C=O) groups is 1. The number of sulfone groups is 1. The van der Waals surface area contributed by atoms with E-state index in [9.17, 15) is 13.2 Å². The van der Waals surface area contributed by atoms with Crippen molar-refractivity contribution in [1.29, 1.82) is 0 Å². The van der Waals surface area contributed by atoms with Gasteiger partial charge in [-0.05, 0) is 33.6 Å². The highest BCUT2D eigenvalue weighted by Crippen LogP contribution is 2.23. The fraction of sp³-hybridized carbons (Fsp3) is 0.889. The smallest absolute Gasteiger partial charge is 0.224 e. The Balaban J connectivity index is 1.95. The zero-order chi connectivity index (χ0) is 19.2. The van der Waals surface area contributed by atoms with Crippen LogP contribution in [-0.4, -0.2) is 79.9 Å². The molecule has 0 radical (unpaired) electrons. The summed E-state index contributed by atoms with van der Waals surface area (Å²) in [5.41, 5.74) is 0. The van der Waals surface area contributed by atoms with Crippen LogP contribution in [0.25, 0.3) is 0 Å². The molecule has 1 N–H and O–H groups in total. The zero-order valence-electron chi connectivity index (χ0n) is 16.5. The fourth-order valence-electron chi connectivity index (χ4n) is 3.49. The number of aliphatic imine (C=N–C) groups is 1. The van der Waals surface area contributed by atoms with E-state index in [1.54, 1.807) is 13.8 Å². The second kappa shape index (κ2) is 9.06. The Kier molecular flexibility index (Phi) is 7.32. The molecule has 8 heteroatoms. The molecule has 2 heterocycles. The summed E-state index contributed by atoms with van der Waals surface area (Å²) in [7, 11) is -3.08. The first-order chi connectivity index (χ1) is 12.3. The Labute approximate surface area is 158 Å². The summed E-state index contributed by atoms with van der Waals surface area (Å²) in [6, 6.07) is 0. The van der Waals surface area contributed by atoms with E-state index >= 15 is 0 Å². The average molecular weight is 387 g/mol. The van der Waals surface area contributed by atoms with Gasteiger partial charge in [0, 0.05) is 39.1 Å². The minimum atomic E-state index is -3.08. The van der Waals surface area contributed by atoms with E-state index in [4.69, 9.17) is 0 Å². The third-order valence-corrected chi connectivity index (χ3v) is 7.76. The number of hydrogen-bond acceptors (Lipinski definition) is 4. The van der Waals surface area contributed by atoms with Crippen LogP contribution in [0.4, 0.5) is 0 Å². The van der Waals surface area contributed by atoms with Gasteiger partial charge in [0.1, 0.15) is 0 Å². The molecule has 0 spiro atoms. The van der Waals surface area contributed by atoms with E-state index in [1.807, 2.05) is 16.7 Å². The summed E-state index contributed by atoms with van der Waals surface area (Å²) in [6.07, 6.45) is 5.01. The van der Waals surface area contributed by atoms with Gasteiger partial charge in [0.25, 0.3) is 0 Å². The molecule has 26 heavy (non-hydrogen) atoms. The van der Waals surface area contributed by atoms with Crippen LogP contribution in [0.2, 0.25) is 0 Å². The predicted octanol–water partition coefficient (Wildman–Crippen LogP) is 1.25. The number of nitrogens with one attached hydrogen (secondary N) is 1. The average Bonchev–Trinajstić information content (AvgIpc) is 2.86. The van der Waals surface area contributed by atoms with Gasteiger partial charge in [0.05, 0.1) is 17.0 Å². The first kappa shape index (κ1) is 21.0. The van der Waals surface area contributed by atoms with Crippen LogP contribution in [0, 0.1) is 0 Å². The van der Waals surface area contributed by atoms with Crippen molar-refractivity contribution in [2.24, 2.45) is 4.99 Å². The largest absolute Gasteiger partial charge is 0.357 e. The molecule has 0 aliphatic carbocycles. The lowest BCUT2D eigenvalue weighted by molar-refractivity contribution is -0.130. The maximum Gasteiger partial charge on any atom is 0.224 e. The molecule has 2 saturated heterocycles. The molecule has 0 bridgehead atoms. The van der Waals surface area contributed by atoms with Crippen LogP contribution < -0.4 is 5.32 Å². The highest BCUT2D eigenvalue weighted by Gasteiger charge is 2.40. The number of carbonyl (C=O) groups excluding carboxylic acids is 1. The maximum atomic E-state index is 12.4. The number of guanidine groups is 1. The van der Waals surface area contributed by atoms with Crippen LogP contribution in [0.5, 0.6) is 0 Å². The van der Waals surface area contributed by atoms with Crippen molar-refractivity contribution < 1.29 is 13.2 Å². The topological polar surface area (TPSA) is 82.1 Å². The van der Waals surface area contributed by atoms with Crippen molar-refractivity contribution in [1.82, 2.24) is 15.1 Å². The lowest BCUT2D eigenvalue weighted by Crippen LogP contribution is -2.57. The second-order valence-corrected chi connectivity index (χ2v) is 10.5. The Morgan fingerprint density at radius 3 is 2.31 bits per heavy atom. The summed E-state index contributed by atoms with van der Waals surface area (Å²) in [5, 5.41) is 3.24. The molecule has 0 aromatic rings. The Morgan fingerprint density at radius 2 is 1.73 bits per heavy atom. The van der Waals surface area contributed by atoms with Gasteiger partial charge in [-0.2, -0.15) is 0 Å². The van der Waals surface area contributed by atoms with Gasteiger partial charge in [-0.25, -0.2) is 8.42 Å². The zero-order valence-corrected chi connectivity index (χ0v) is 17.3. The number of rotatable bonds is 4. The monoisotopic (exact) mass is 386 g/mol. The SMILES string of the molecule is CCNC(=NCCC(=O)N1CCCCCC1)N1CCS(=O)(=O)C(C)(C)C1. The molecule has 0 aromatic heterocycles. The fourth-order valence-corrected chi connectivity index (χ4v) is 4.85. The molecular formula is C18H34N4O3S. The summed E-state index contributed by atoms with van der Waals surface area (Å²) < 4.78 is 23.6. The number of amides is 1. The normalized spacial score (nSPS) is 23.4. The van der Waals surface area contributed by atoms with Gasteiger partial charge in [-0.3, -0.25) is 9.79 Å². The third kappa shape index (κ3) is 5.34. The van der Waals surface area contributed by atoms with Crippen molar-refractivity contribution in [2.75, 3.05) is 45.0 Å². The highest BCUT2D eigenvalue weighted by molar-refractivity contribution is 7.92. The molecule has 7 nitrogen and oxygen atoms in total. The lowest BCUT2D eigenvalue weighted by atomic mass is 10.2. The molecule has 0 aromatic carbocycles. The Morgan fingerprint density at radius 1 is 1.08 bits per heavy atom. The minimum absolute atomic E-state index is 0.136. The van der Waals surface area contributed by atoms with E-state index in [1.165, 1.54) is 12.8 Å². The van der Waals surface area contributed by atoms with Gasteiger partial charge >= 0.3 is 0 Å². The van der Waals surface area contributed by atoms with Gasteiger partial charge in [-0.1, -0.05) is 12.8 Å². The second-order valence-electron chi connectivity index (χ2n) is 7.78. The standard InChI is InChI=1S/C18H34N4O3S/c1-4-19-17(22-13-14-26(24,25)18(2,3)15-22)20-10-9-16(23)21-11-7-5-6-8-12-21/h4-15H2,1-3H3,(H,19,20). The van der Waals surface area contributed by atoms with Crippen LogP contribution in [0.3, 0.4) is 0 Å². The summed E-state index contributed by atoms with van der Waals surface area (Å²) in [4.78, 5) is 21.0. The van der Waals surface area contributed by atoms with Gasteiger partial charge in [-0.15, -0.1) is 0 Å². The third-order valence-electron chi connectivity index (χ3n) is 5.22. The van der Waals surface area contributed by atoms with Crippen molar-refractivity contribution >= 4 is 21.7 Å². The molecular weight excluding hydrogens is 352 g/mol. The lowest BCUT2D eigenvalue weighted by Gasteiger charge is -2.39. The van der Waals surface area contributed by atoms with Crippen molar-refractivity contribution in [3.05, 3.63) is 0 Å². The maximum absolute atomic E-state index is 12.4. The molecule has 150 valence electrons.